The maximum absolute atomic E-state index is 12.5. The Morgan fingerprint density at radius 1 is 0.652 bits per heavy atom. The molecule has 2 heterocycles. The van der Waals surface area contributed by atoms with Gasteiger partial charge in [-0.25, -0.2) is 0 Å². The average molecular weight is 302 g/mol. The second-order valence-corrected chi connectivity index (χ2v) is 5.45. The molecular weight excluding hydrogens is 288 g/mol. The first-order valence-electron chi connectivity index (χ1n) is 7.42. The Hall–Kier alpha value is -3.14. The van der Waals surface area contributed by atoms with Crippen LogP contribution in [0.5, 0.6) is 0 Å². The van der Waals surface area contributed by atoms with Crippen LogP contribution in [0, 0.1) is 0 Å². The molecule has 4 aromatic rings. The molecular formula is C19H14N2O2. The van der Waals surface area contributed by atoms with Crippen LogP contribution < -0.4 is 0 Å². The molecule has 0 aliphatic rings. The van der Waals surface area contributed by atoms with Crippen molar-refractivity contribution in [3.63, 3.8) is 0 Å². The number of carbonyl (C=O) groups excluding carboxylic acids is 2. The van der Waals surface area contributed by atoms with Gasteiger partial charge < -0.3 is 0 Å². The van der Waals surface area contributed by atoms with E-state index in [1.54, 1.807) is 21.5 Å². The van der Waals surface area contributed by atoms with E-state index in [0.29, 0.717) is 0 Å². The van der Waals surface area contributed by atoms with Crippen LogP contribution in [0.15, 0.2) is 73.1 Å². The zero-order valence-corrected chi connectivity index (χ0v) is 12.3. The molecule has 0 saturated heterocycles. The molecule has 4 heteroatoms. The lowest BCUT2D eigenvalue weighted by atomic mass is 10.2. The van der Waals surface area contributed by atoms with E-state index in [1.165, 1.54) is 0 Å². The quantitative estimate of drug-likeness (QED) is 0.526. The largest absolute Gasteiger partial charge is 0.287 e. The summed E-state index contributed by atoms with van der Waals surface area (Å²) in [6.07, 6.45) is 3.26. The fourth-order valence-electron chi connectivity index (χ4n) is 2.90. The molecule has 112 valence electrons. The van der Waals surface area contributed by atoms with E-state index in [9.17, 15) is 9.59 Å². The number of benzene rings is 2. The van der Waals surface area contributed by atoms with Gasteiger partial charge in [0, 0.05) is 23.2 Å². The van der Waals surface area contributed by atoms with Crippen molar-refractivity contribution < 1.29 is 9.59 Å². The van der Waals surface area contributed by atoms with Crippen LogP contribution in [-0.4, -0.2) is 20.9 Å². The Bertz CT molecular complexity index is 956. The van der Waals surface area contributed by atoms with Crippen LogP contribution in [-0.2, 0) is 0 Å². The molecule has 0 aliphatic heterocycles. The molecule has 0 N–H and O–H groups in total. The summed E-state index contributed by atoms with van der Waals surface area (Å²) in [5, 5.41) is 1.97. The molecule has 0 saturated carbocycles. The lowest BCUT2D eigenvalue weighted by Crippen LogP contribution is -2.19. The van der Waals surface area contributed by atoms with Crippen molar-refractivity contribution in [3.8, 4) is 0 Å². The third kappa shape index (κ3) is 2.25. The standard InChI is InChI=1S/C19H14N2O2/c22-18(20-11-9-14-5-1-3-7-16(14)20)13-19(23)21-12-10-15-6-2-4-8-17(15)21/h1-12H,13H2. The first-order chi connectivity index (χ1) is 11.2. The molecule has 0 fully saturated rings. The van der Waals surface area contributed by atoms with Crippen LogP contribution in [0.1, 0.15) is 16.0 Å². The molecule has 0 bridgehead atoms. The molecule has 4 nitrogen and oxygen atoms in total. The van der Waals surface area contributed by atoms with Crippen molar-refractivity contribution in [2.24, 2.45) is 0 Å². The highest BCUT2D eigenvalue weighted by atomic mass is 16.2. The molecule has 0 radical (unpaired) electrons. The zero-order chi connectivity index (χ0) is 15.8. The monoisotopic (exact) mass is 302 g/mol. The summed E-state index contributed by atoms with van der Waals surface area (Å²) in [4.78, 5) is 25.0. The number of aromatic nitrogens is 2. The summed E-state index contributed by atoms with van der Waals surface area (Å²) in [5.41, 5.74) is 1.64. The first-order valence-corrected chi connectivity index (χ1v) is 7.42. The highest BCUT2D eigenvalue weighted by Gasteiger charge is 2.16. The van der Waals surface area contributed by atoms with Gasteiger partial charge in [-0.2, -0.15) is 0 Å². The predicted molar refractivity (Wildman–Crippen MR) is 89.7 cm³/mol. The minimum Gasteiger partial charge on any atom is -0.287 e. The lowest BCUT2D eigenvalue weighted by Gasteiger charge is -2.06. The predicted octanol–water partition coefficient (Wildman–Crippen LogP) is 3.97. The van der Waals surface area contributed by atoms with Gasteiger partial charge in [-0.3, -0.25) is 18.7 Å². The normalized spacial score (nSPS) is 11.1. The van der Waals surface area contributed by atoms with Crippen LogP contribution in [0.4, 0.5) is 0 Å². The number of nitrogens with zero attached hydrogens (tertiary/aromatic N) is 2. The smallest absolute Gasteiger partial charge is 0.240 e. The van der Waals surface area contributed by atoms with Crippen molar-refractivity contribution in [2.45, 2.75) is 6.42 Å². The van der Waals surface area contributed by atoms with E-state index < -0.39 is 0 Å². The molecule has 2 aromatic carbocycles. The van der Waals surface area contributed by atoms with E-state index in [-0.39, 0.29) is 18.2 Å². The third-order valence-electron chi connectivity index (χ3n) is 4.04. The van der Waals surface area contributed by atoms with Crippen molar-refractivity contribution >= 4 is 33.6 Å². The number of hydrogen-bond donors (Lipinski definition) is 0. The number of hydrogen-bond acceptors (Lipinski definition) is 2. The Kier molecular flexibility index (Phi) is 3.08. The van der Waals surface area contributed by atoms with Crippen LogP contribution in [0.25, 0.3) is 21.8 Å². The Morgan fingerprint density at radius 3 is 1.57 bits per heavy atom. The molecule has 0 spiro atoms. The van der Waals surface area contributed by atoms with Crippen molar-refractivity contribution in [1.82, 2.24) is 9.13 Å². The SMILES string of the molecule is O=C(CC(=O)n1ccc2ccccc21)n1ccc2ccccc21. The van der Waals surface area contributed by atoms with Gasteiger partial charge in [0.05, 0.1) is 11.0 Å². The number of rotatable bonds is 2. The fourth-order valence-corrected chi connectivity index (χ4v) is 2.90. The molecule has 4 rings (SSSR count). The summed E-state index contributed by atoms with van der Waals surface area (Å²) in [6, 6.07) is 19.0. The van der Waals surface area contributed by atoms with Crippen molar-refractivity contribution in [3.05, 3.63) is 73.1 Å². The van der Waals surface area contributed by atoms with Crippen LogP contribution in [0.3, 0.4) is 0 Å². The summed E-state index contributed by atoms with van der Waals surface area (Å²) in [6.45, 7) is 0. The fraction of sp³-hybridized carbons (Fsp3) is 0.0526. The summed E-state index contributed by atoms with van der Waals surface area (Å²) < 4.78 is 3.08. The minimum atomic E-state index is -0.228. The first kappa shape index (κ1) is 13.5. The topological polar surface area (TPSA) is 44.0 Å². The van der Waals surface area contributed by atoms with Crippen molar-refractivity contribution in [1.29, 1.82) is 0 Å². The Balaban J connectivity index is 1.65. The van der Waals surface area contributed by atoms with E-state index in [4.69, 9.17) is 0 Å². The minimum absolute atomic E-state index is 0.169. The summed E-state index contributed by atoms with van der Waals surface area (Å²) >= 11 is 0. The van der Waals surface area contributed by atoms with Gasteiger partial charge in [-0.15, -0.1) is 0 Å². The molecule has 0 aliphatic carbocycles. The maximum Gasteiger partial charge on any atom is 0.240 e. The van der Waals surface area contributed by atoms with E-state index in [2.05, 4.69) is 0 Å². The zero-order valence-electron chi connectivity index (χ0n) is 12.3. The van der Waals surface area contributed by atoms with Crippen LogP contribution in [0.2, 0.25) is 0 Å². The van der Waals surface area contributed by atoms with E-state index >= 15 is 0 Å². The van der Waals surface area contributed by atoms with Gasteiger partial charge in [-0.1, -0.05) is 36.4 Å². The van der Waals surface area contributed by atoms with Crippen LogP contribution >= 0.6 is 0 Å². The Labute approximate surface area is 132 Å². The van der Waals surface area contributed by atoms with Gasteiger partial charge in [0.25, 0.3) is 0 Å². The van der Waals surface area contributed by atoms with Gasteiger partial charge in [0.15, 0.2) is 0 Å². The highest BCUT2D eigenvalue weighted by Crippen LogP contribution is 2.18. The summed E-state index contributed by atoms with van der Waals surface area (Å²) in [5.74, 6) is -0.456. The second kappa shape index (κ2) is 5.25. The third-order valence-corrected chi connectivity index (χ3v) is 4.04. The molecule has 2 aromatic heterocycles. The van der Waals surface area contributed by atoms with Gasteiger partial charge in [0.1, 0.15) is 6.42 Å². The lowest BCUT2D eigenvalue weighted by molar-refractivity contribution is 0.0809. The molecule has 23 heavy (non-hydrogen) atoms. The van der Waals surface area contributed by atoms with Crippen molar-refractivity contribution in [2.75, 3.05) is 0 Å². The number of fused-ring (bicyclic) bond motifs is 2. The Morgan fingerprint density at radius 2 is 1.09 bits per heavy atom. The van der Waals surface area contributed by atoms with E-state index in [0.717, 1.165) is 21.8 Å². The number of carbonyl (C=O) groups is 2. The van der Waals surface area contributed by atoms with Gasteiger partial charge in [-0.05, 0) is 24.3 Å². The maximum atomic E-state index is 12.5. The van der Waals surface area contributed by atoms with Gasteiger partial charge in [0.2, 0.25) is 11.8 Å². The van der Waals surface area contributed by atoms with Gasteiger partial charge >= 0.3 is 0 Å². The number of para-hydroxylation sites is 2. The highest BCUT2D eigenvalue weighted by molar-refractivity contribution is 6.05. The summed E-state index contributed by atoms with van der Waals surface area (Å²) in [7, 11) is 0. The van der Waals surface area contributed by atoms with E-state index in [1.807, 2.05) is 60.7 Å². The second-order valence-electron chi connectivity index (χ2n) is 5.45. The molecule has 0 unspecified atom stereocenters. The average Bonchev–Trinajstić information content (AvgIpc) is 3.19. The molecule has 0 atom stereocenters. The molecule has 0 amide bonds.